The molecule has 0 radical (unpaired) electrons. The third-order valence-electron chi connectivity index (χ3n) is 3.02. The van der Waals surface area contributed by atoms with E-state index in [1.165, 1.54) is 0 Å². The van der Waals surface area contributed by atoms with Crippen molar-refractivity contribution in [1.29, 1.82) is 0 Å². The summed E-state index contributed by atoms with van der Waals surface area (Å²) in [5.74, 6) is 0.0358. The van der Waals surface area contributed by atoms with E-state index in [2.05, 4.69) is 24.5 Å². The van der Waals surface area contributed by atoms with Crippen molar-refractivity contribution in [3.05, 3.63) is 0 Å². The van der Waals surface area contributed by atoms with E-state index in [9.17, 15) is 9.59 Å². The van der Waals surface area contributed by atoms with Gasteiger partial charge < -0.3 is 29.6 Å². The van der Waals surface area contributed by atoms with Gasteiger partial charge in [-0.15, -0.1) is 0 Å². The van der Waals surface area contributed by atoms with Crippen molar-refractivity contribution >= 4 is 43.4 Å². The molecule has 0 saturated carbocycles. The molecule has 0 aliphatic heterocycles. The Balaban J connectivity index is 3.35. The normalized spacial score (nSPS) is 11.3. The van der Waals surface area contributed by atoms with E-state index in [1.807, 2.05) is 6.26 Å². The number of amides is 2. The van der Waals surface area contributed by atoms with Crippen molar-refractivity contribution in [2.24, 2.45) is 0 Å². The Kier molecular flexibility index (Phi) is 18.5. The van der Waals surface area contributed by atoms with Gasteiger partial charge in [0.25, 0.3) is 0 Å². The standard InChI is InChI=1S/C17H34N2O6S3/c1-5-25-16(21)19-7-9-23-11-13-24-12-10-22-8-6-18-15(20)14-17(2,3)27-28-26-4/h5-14H2,1-4H3,(H,18,20)(H,19,21). The Bertz CT molecular complexity index is 416. The summed E-state index contributed by atoms with van der Waals surface area (Å²) in [5.41, 5.74) is 0. The van der Waals surface area contributed by atoms with Crippen LogP contribution in [0.2, 0.25) is 0 Å². The summed E-state index contributed by atoms with van der Waals surface area (Å²) in [5, 5.41) is 5.43. The first kappa shape index (κ1) is 27.7. The van der Waals surface area contributed by atoms with Crippen LogP contribution >= 0.6 is 31.4 Å². The zero-order valence-electron chi connectivity index (χ0n) is 17.2. The number of hydrogen-bond donors (Lipinski definition) is 2. The van der Waals surface area contributed by atoms with Gasteiger partial charge in [-0.1, -0.05) is 21.6 Å². The van der Waals surface area contributed by atoms with Gasteiger partial charge in [0, 0.05) is 24.3 Å². The highest BCUT2D eigenvalue weighted by atomic mass is 33.5. The van der Waals surface area contributed by atoms with Crippen molar-refractivity contribution in [2.45, 2.75) is 31.9 Å². The predicted octanol–water partition coefficient (Wildman–Crippen LogP) is 2.73. The molecule has 0 bridgehead atoms. The van der Waals surface area contributed by atoms with Gasteiger partial charge in [-0.2, -0.15) is 0 Å². The second-order valence-electron chi connectivity index (χ2n) is 6.09. The lowest BCUT2D eigenvalue weighted by molar-refractivity contribution is -0.121. The number of carbonyl (C=O) groups excluding carboxylic acids is 2. The monoisotopic (exact) mass is 458 g/mol. The van der Waals surface area contributed by atoms with Crippen LogP contribution in [0.5, 0.6) is 0 Å². The smallest absolute Gasteiger partial charge is 0.407 e. The van der Waals surface area contributed by atoms with Gasteiger partial charge >= 0.3 is 6.09 Å². The van der Waals surface area contributed by atoms with Crippen molar-refractivity contribution in [3.63, 3.8) is 0 Å². The van der Waals surface area contributed by atoms with E-state index in [4.69, 9.17) is 18.9 Å². The molecule has 0 aliphatic rings. The van der Waals surface area contributed by atoms with E-state index < -0.39 is 6.09 Å². The molecule has 0 aromatic rings. The Labute approximate surface area is 180 Å². The lowest BCUT2D eigenvalue weighted by atomic mass is 10.1. The van der Waals surface area contributed by atoms with Gasteiger partial charge in [-0.05, 0) is 36.9 Å². The van der Waals surface area contributed by atoms with E-state index in [-0.39, 0.29) is 10.7 Å². The molecule has 28 heavy (non-hydrogen) atoms. The number of ether oxygens (including phenoxy) is 4. The van der Waals surface area contributed by atoms with Crippen LogP contribution in [-0.4, -0.2) is 82.3 Å². The Hall–Kier alpha value is -0.330. The molecular formula is C17H34N2O6S3. The highest BCUT2D eigenvalue weighted by Crippen LogP contribution is 2.43. The third-order valence-corrected chi connectivity index (χ3v) is 7.62. The summed E-state index contributed by atoms with van der Waals surface area (Å²) in [4.78, 5) is 22.9. The van der Waals surface area contributed by atoms with Gasteiger partial charge in [0.1, 0.15) is 0 Å². The fourth-order valence-electron chi connectivity index (χ4n) is 1.82. The average Bonchev–Trinajstić information content (AvgIpc) is 2.63. The topological polar surface area (TPSA) is 95.1 Å². The zero-order valence-corrected chi connectivity index (χ0v) is 19.7. The minimum Gasteiger partial charge on any atom is -0.450 e. The fourth-order valence-corrected chi connectivity index (χ4v) is 5.46. The number of rotatable bonds is 18. The first-order valence-electron chi connectivity index (χ1n) is 9.20. The summed E-state index contributed by atoms with van der Waals surface area (Å²) in [6, 6.07) is 0. The van der Waals surface area contributed by atoms with Crippen LogP contribution in [0, 0.1) is 0 Å². The molecule has 11 heteroatoms. The Morgan fingerprint density at radius 2 is 1.43 bits per heavy atom. The van der Waals surface area contributed by atoms with Crippen molar-refractivity contribution in [1.82, 2.24) is 10.6 Å². The molecule has 166 valence electrons. The fraction of sp³-hybridized carbons (Fsp3) is 0.882. The van der Waals surface area contributed by atoms with Crippen LogP contribution in [0.1, 0.15) is 27.2 Å². The van der Waals surface area contributed by atoms with Crippen LogP contribution in [0.3, 0.4) is 0 Å². The summed E-state index contributed by atoms with van der Waals surface area (Å²) < 4.78 is 20.7. The SMILES string of the molecule is CCOC(=O)NCCOCCOCCOCCNC(=O)CC(C)(C)SSSC. The lowest BCUT2D eigenvalue weighted by Gasteiger charge is -2.21. The van der Waals surface area contributed by atoms with Gasteiger partial charge in [0.15, 0.2) is 0 Å². The van der Waals surface area contributed by atoms with Crippen LogP contribution < -0.4 is 10.6 Å². The first-order chi connectivity index (χ1) is 13.4. The number of hydrogen-bond acceptors (Lipinski definition) is 9. The number of carbonyl (C=O) groups is 2. The number of alkyl carbamates (subject to hydrolysis) is 1. The molecule has 2 amide bonds. The molecule has 0 rings (SSSR count). The first-order valence-corrected chi connectivity index (χ1v) is 13.1. The maximum absolute atomic E-state index is 11.9. The van der Waals surface area contributed by atoms with Crippen LogP contribution in [0.15, 0.2) is 0 Å². The van der Waals surface area contributed by atoms with Gasteiger partial charge in [-0.25, -0.2) is 4.79 Å². The van der Waals surface area contributed by atoms with Crippen LogP contribution in [-0.2, 0) is 23.7 Å². The lowest BCUT2D eigenvalue weighted by Crippen LogP contribution is -2.32. The van der Waals surface area contributed by atoms with Gasteiger partial charge in [-0.3, -0.25) is 4.79 Å². The van der Waals surface area contributed by atoms with Crippen LogP contribution in [0.4, 0.5) is 4.79 Å². The molecule has 0 atom stereocenters. The van der Waals surface area contributed by atoms with Crippen LogP contribution in [0.25, 0.3) is 0 Å². The summed E-state index contributed by atoms with van der Waals surface area (Å²) >= 11 is 0. The van der Waals surface area contributed by atoms with E-state index in [1.54, 1.807) is 38.3 Å². The minimum absolute atomic E-state index is 0.0358. The van der Waals surface area contributed by atoms with E-state index in [0.29, 0.717) is 65.8 Å². The average molecular weight is 459 g/mol. The molecule has 0 spiro atoms. The molecular weight excluding hydrogens is 424 g/mol. The predicted molar refractivity (Wildman–Crippen MR) is 118 cm³/mol. The molecule has 2 N–H and O–H groups in total. The van der Waals surface area contributed by atoms with Gasteiger partial charge in [0.2, 0.25) is 5.91 Å². The highest BCUT2D eigenvalue weighted by Gasteiger charge is 2.22. The van der Waals surface area contributed by atoms with Gasteiger partial charge in [0.05, 0.1) is 46.2 Å². The second-order valence-corrected chi connectivity index (χ2v) is 11.0. The second kappa shape index (κ2) is 18.7. The third kappa shape index (κ3) is 19.0. The molecule has 0 aliphatic carbocycles. The van der Waals surface area contributed by atoms with Crippen molar-refractivity contribution < 1.29 is 28.5 Å². The number of nitrogens with one attached hydrogen (secondary N) is 2. The summed E-state index contributed by atoms with van der Waals surface area (Å²) in [6.45, 7) is 9.83. The largest absolute Gasteiger partial charge is 0.450 e. The maximum atomic E-state index is 11.9. The highest BCUT2D eigenvalue weighted by molar-refractivity contribution is 9.09. The molecule has 0 fully saturated rings. The maximum Gasteiger partial charge on any atom is 0.407 e. The van der Waals surface area contributed by atoms with E-state index in [0.717, 1.165) is 0 Å². The molecule has 0 unspecified atom stereocenters. The molecule has 0 saturated heterocycles. The van der Waals surface area contributed by atoms with Crippen molar-refractivity contribution in [3.8, 4) is 0 Å². The molecule has 0 heterocycles. The Morgan fingerprint density at radius 3 is 1.96 bits per heavy atom. The minimum atomic E-state index is -0.437. The quantitative estimate of drug-likeness (QED) is 0.237. The van der Waals surface area contributed by atoms with Crippen molar-refractivity contribution in [2.75, 3.05) is 65.6 Å². The zero-order chi connectivity index (χ0) is 21.1. The molecule has 0 aromatic carbocycles. The molecule has 8 nitrogen and oxygen atoms in total. The van der Waals surface area contributed by atoms with E-state index >= 15 is 0 Å². The summed E-state index contributed by atoms with van der Waals surface area (Å²) in [6.07, 6.45) is 2.06. The molecule has 0 aromatic heterocycles. The Morgan fingerprint density at radius 1 is 0.893 bits per heavy atom. The summed E-state index contributed by atoms with van der Waals surface area (Å²) in [7, 11) is 5.08.